The highest BCUT2D eigenvalue weighted by Crippen LogP contribution is 2.09. The fraction of sp³-hybridized carbons (Fsp3) is 0.500. The molecule has 1 aromatic heterocycles. The van der Waals surface area contributed by atoms with E-state index in [2.05, 4.69) is 41.6 Å². The molecule has 0 aliphatic heterocycles. The van der Waals surface area contributed by atoms with Crippen molar-refractivity contribution >= 4 is 0 Å². The molecule has 6 nitrogen and oxygen atoms in total. The van der Waals surface area contributed by atoms with E-state index < -0.39 is 0 Å². The molecule has 1 heterocycles. The summed E-state index contributed by atoms with van der Waals surface area (Å²) >= 11 is 0. The fourth-order valence-electron chi connectivity index (χ4n) is 1.90. The molecule has 0 bridgehead atoms. The van der Waals surface area contributed by atoms with Crippen molar-refractivity contribution < 1.29 is 9.47 Å². The average molecular weight is 304 g/mol. The molecule has 1 aromatic carbocycles. The van der Waals surface area contributed by atoms with Crippen LogP contribution in [0.3, 0.4) is 0 Å². The Labute approximate surface area is 131 Å². The third-order valence-corrected chi connectivity index (χ3v) is 3.14. The summed E-state index contributed by atoms with van der Waals surface area (Å²) in [6, 6.07) is 8.77. The molecule has 0 atom stereocenters. The average Bonchev–Trinajstić information content (AvgIpc) is 2.99. The molecule has 0 fully saturated rings. The SMILES string of the molecule is COCCOCc1cn(-c2ccc(CNC(C)C)cc2)nn1. The Hall–Kier alpha value is -1.76. The largest absolute Gasteiger partial charge is 0.382 e. The first kappa shape index (κ1) is 16.6. The van der Waals surface area contributed by atoms with Gasteiger partial charge in [0, 0.05) is 19.7 Å². The molecule has 0 spiro atoms. The molecular weight excluding hydrogens is 280 g/mol. The van der Waals surface area contributed by atoms with Crippen molar-refractivity contribution in [3.63, 3.8) is 0 Å². The van der Waals surface area contributed by atoms with Crippen LogP contribution in [0.5, 0.6) is 0 Å². The minimum Gasteiger partial charge on any atom is -0.382 e. The van der Waals surface area contributed by atoms with Crippen LogP contribution in [0.1, 0.15) is 25.1 Å². The van der Waals surface area contributed by atoms with Gasteiger partial charge in [-0.05, 0) is 17.7 Å². The Morgan fingerprint density at radius 1 is 1.18 bits per heavy atom. The summed E-state index contributed by atoms with van der Waals surface area (Å²) < 4.78 is 12.1. The van der Waals surface area contributed by atoms with Gasteiger partial charge in [-0.25, -0.2) is 4.68 Å². The molecule has 0 saturated carbocycles. The first-order valence-electron chi connectivity index (χ1n) is 7.49. The molecular formula is C16H24N4O2. The molecule has 0 amide bonds. The second-order valence-corrected chi connectivity index (χ2v) is 5.40. The summed E-state index contributed by atoms with van der Waals surface area (Å²) in [6.45, 7) is 6.73. The van der Waals surface area contributed by atoms with E-state index in [4.69, 9.17) is 9.47 Å². The van der Waals surface area contributed by atoms with Gasteiger partial charge in [0.15, 0.2) is 0 Å². The summed E-state index contributed by atoms with van der Waals surface area (Å²) in [5, 5.41) is 11.6. The highest BCUT2D eigenvalue weighted by molar-refractivity contribution is 5.33. The molecule has 0 aliphatic carbocycles. The maximum absolute atomic E-state index is 5.43. The number of nitrogens with one attached hydrogen (secondary N) is 1. The minimum absolute atomic E-state index is 0.444. The molecule has 6 heteroatoms. The molecule has 0 unspecified atom stereocenters. The van der Waals surface area contributed by atoms with Crippen LogP contribution in [0.25, 0.3) is 5.69 Å². The summed E-state index contributed by atoms with van der Waals surface area (Å²) in [6.07, 6.45) is 1.88. The van der Waals surface area contributed by atoms with E-state index in [-0.39, 0.29) is 0 Å². The van der Waals surface area contributed by atoms with Crippen molar-refractivity contribution in [3.05, 3.63) is 41.7 Å². The molecule has 0 aliphatic rings. The highest BCUT2D eigenvalue weighted by Gasteiger charge is 2.03. The van der Waals surface area contributed by atoms with Crippen molar-refractivity contribution in [2.75, 3.05) is 20.3 Å². The lowest BCUT2D eigenvalue weighted by molar-refractivity contribution is 0.0602. The van der Waals surface area contributed by atoms with Gasteiger partial charge in [0.05, 0.1) is 31.7 Å². The van der Waals surface area contributed by atoms with Crippen molar-refractivity contribution in [3.8, 4) is 5.69 Å². The van der Waals surface area contributed by atoms with E-state index in [0.717, 1.165) is 17.9 Å². The van der Waals surface area contributed by atoms with Crippen LogP contribution < -0.4 is 5.32 Å². The van der Waals surface area contributed by atoms with E-state index in [9.17, 15) is 0 Å². The number of rotatable bonds is 9. The third-order valence-electron chi connectivity index (χ3n) is 3.14. The van der Waals surface area contributed by atoms with Crippen LogP contribution in [0.15, 0.2) is 30.5 Å². The topological polar surface area (TPSA) is 61.2 Å². The lowest BCUT2D eigenvalue weighted by Gasteiger charge is -2.08. The third kappa shape index (κ3) is 5.22. The van der Waals surface area contributed by atoms with Gasteiger partial charge in [0.2, 0.25) is 0 Å². The summed E-state index contributed by atoms with van der Waals surface area (Å²) in [7, 11) is 1.65. The van der Waals surface area contributed by atoms with Gasteiger partial charge >= 0.3 is 0 Å². The molecule has 2 rings (SSSR count). The highest BCUT2D eigenvalue weighted by atomic mass is 16.5. The zero-order chi connectivity index (χ0) is 15.8. The fourth-order valence-corrected chi connectivity index (χ4v) is 1.90. The molecule has 22 heavy (non-hydrogen) atoms. The Morgan fingerprint density at radius 3 is 2.64 bits per heavy atom. The minimum atomic E-state index is 0.444. The Bertz CT molecular complexity index is 552. The van der Waals surface area contributed by atoms with Crippen LogP contribution in [-0.2, 0) is 22.6 Å². The number of hydrogen-bond acceptors (Lipinski definition) is 5. The van der Waals surface area contributed by atoms with Gasteiger partial charge < -0.3 is 14.8 Å². The Balaban J connectivity index is 1.90. The van der Waals surface area contributed by atoms with Gasteiger partial charge in [-0.15, -0.1) is 5.10 Å². The van der Waals surface area contributed by atoms with Crippen LogP contribution in [-0.4, -0.2) is 41.4 Å². The zero-order valence-electron chi connectivity index (χ0n) is 13.5. The number of hydrogen-bond donors (Lipinski definition) is 1. The van der Waals surface area contributed by atoms with E-state index in [0.29, 0.717) is 25.9 Å². The molecule has 0 radical (unpaired) electrons. The number of methoxy groups -OCH3 is 1. The van der Waals surface area contributed by atoms with Crippen molar-refractivity contribution in [1.82, 2.24) is 20.3 Å². The van der Waals surface area contributed by atoms with Crippen LogP contribution in [0, 0.1) is 0 Å². The van der Waals surface area contributed by atoms with Crippen LogP contribution >= 0.6 is 0 Å². The maximum Gasteiger partial charge on any atom is 0.109 e. The van der Waals surface area contributed by atoms with Gasteiger partial charge in [0.25, 0.3) is 0 Å². The van der Waals surface area contributed by atoms with Gasteiger partial charge in [-0.3, -0.25) is 0 Å². The summed E-state index contributed by atoms with van der Waals surface area (Å²) in [5.74, 6) is 0. The second kappa shape index (κ2) is 8.63. The van der Waals surface area contributed by atoms with Gasteiger partial charge in [-0.2, -0.15) is 0 Å². The van der Waals surface area contributed by atoms with Crippen molar-refractivity contribution in [1.29, 1.82) is 0 Å². The molecule has 120 valence electrons. The Morgan fingerprint density at radius 2 is 1.95 bits per heavy atom. The second-order valence-electron chi connectivity index (χ2n) is 5.40. The van der Waals surface area contributed by atoms with E-state index >= 15 is 0 Å². The first-order chi connectivity index (χ1) is 10.7. The lowest BCUT2D eigenvalue weighted by Crippen LogP contribution is -2.21. The predicted molar refractivity (Wildman–Crippen MR) is 84.9 cm³/mol. The quantitative estimate of drug-likeness (QED) is 0.717. The van der Waals surface area contributed by atoms with E-state index in [1.54, 1.807) is 11.8 Å². The van der Waals surface area contributed by atoms with E-state index in [1.807, 2.05) is 18.3 Å². The van der Waals surface area contributed by atoms with Gasteiger partial charge in [0.1, 0.15) is 5.69 Å². The number of aromatic nitrogens is 3. The smallest absolute Gasteiger partial charge is 0.109 e. The molecule has 0 saturated heterocycles. The number of nitrogens with zero attached hydrogens (tertiary/aromatic N) is 3. The van der Waals surface area contributed by atoms with Crippen molar-refractivity contribution in [2.45, 2.75) is 33.0 Å². The van der Waals surface area contributed by atoms with Crippen LogP contribution in [0.4, 0.5) is 0 Å². The standard InChI is InChI=1S/C16H24N4O2/c1-13(2)17-10-14-4-6-16(7-5-14)20-11-15(18-19-20)12-22-9-8-21-3/h4-7,11,13,17H,8-10,12H2,1-3H3. The first-order valence-corrected chi connectivity index (χ1v) is 7.49. The number of benzene rings is 1. The summed E-state index contributed by atoms with van der Waals surface area (Å²) in [5.41, 5.74) is 3.05. The van der Waals surface area contributed by atoms with Crippen LogP contribution in [0.2, 0.25) is 0 Å². The van der Waals surface area contributed by atoms with E-state index in [1.165, 1.54) is 5.56 Å². The zero-order valence-corrected chi connectivity index (χ0v) is 13.5. The number of ether oxygens (including phenoxy) is 2. The normalized spacial score (nSPS) is 11.3. The lowest BCUT2D eigenvalue weighted by atomic mass is 10.2. The Kier molecular flexibility index (Phi) is 6.51. The monoisotopic (exact) mass is 304 g/mol. The van der Waals surface area contributed by atoms with Crippen molar-refractivity contribution in [2.24, 2.45) is 0 Å². The molecule has 1 N–H and O–H groups in total. The summed E-state index contributed by atoms with van der Waals surface area (Å²) in [4.78, 5) is 0. The van der Waals surface area contributed by atoms with Gasteiger partial charge in [-0.1, -0.05) is 31.2 Å². The predicted octanol–water partition coefficient (Wildman–Crippen LogP) is 1.93. The maximum atomic E-state index is 5.43. The molecule has 2 aromatic rings.